The van der Waals surface area contributed by atoms with Gasteiger partial charge in [-0.15, -0.1) is 0 Å². The van der Waals surface area contributed by atoms with Crippen LogP contribution >= 0.6 is 0 Å². The van der Waals surface area contributed by atoms with Crippen LogP contribution in [0.25, 0.3) is 0 Å². The maximum absolute atomic E-state index is 5.66. The largest absolute Gasteiger partial charge is 0.380 e. The SMILES string of the molecule is CCOCC(N)C(C)OC. The minimum atomic E-state index is -0.00931. The normalized spacial score (nSPS) is 16.8. The zero-order valence-corrected chi connectivity index (χ0v) is 6.96. The first-order valence-electron chi connectivity index (χ1n) is 3.58. The molecule has 0 aromatic carbocycles. The molecule has 0 aromatic heterocycles. The molecule has 0 rings (SSSR count). The van der Waals surface area contributed by atoms with Gasteiger partial charge < -0.3 is 15.2 Å². The lowest BCUT2D eigenvalue weighted by molar-refractivity contribution is 0.0477. The molecule has 10 heavy (non-hydrogen) atoms. The molecule has 0 radical (unpaired) electrons. The second-order valence-electron chi connectivity index (χ2n) is 2.26. The molecule has 0 fully saturated rings. The second kappa shape index (κ2) is 5.65. The predicted octanol–water partition coefficient (Wildman–Crippen LogP) is 0.385. The van der Waals surface area contributed by atoms with E-state index in [2.05, 4.69) is 0 Å². The first-order valence-corrected chi connectivity index (χ1v) is 3.58. The highest BCUT2D eigenvalue weighted by Crippen LogP contribution is 1.94. The van der Waals surface area contributed by atoms with Crippen molar-refractivity contribution in [3.63, 3.8) is 0 Å². The molecule has 0 aliphatic rings. The molecule has 0 bridgehead atoms. The van der Waals surface area contributed by atoms with E-state index >= 15 is 0 Å². The molecule has 3 heteroatoms. The number of methoxy groups -OCH3 is 1. The number of hydrogen-bond donors (Lipinski definition) is 1. The van der Waals surface area contributed by atoms with Gasteiger partial charge >= 0.3 is 0 Å². The minimum Gasteiger partial charge on any atom is -0.380 e. The van der Waals surface area contributed by atoms with Crippen molar-refractivity contribution < 1.29 is 9.47 Å². The topological polar surface area (TPSA) is 44.5 Å². The molecular formula is C7H17NO2. The van der Waals surface area contributed by atoms with Crippen molar-refractivity contribution in [2.45, 2.75) is 26.0 Å². The third kappa shape index (κ3) is 3.82. The van der Waals surface area contributed by atoms with Crippen molar-refractivity contribution in [3.05, 3.63) is 0 Å². The standard InChI is InChI=1S/C7H17NO2/c1-4-10-5-7(8)6(2)9-3/h6-7H,4-5,8H2,1-3H3. The van der Waals surface area contributed by atoms with Gasteiger partial charge in [0, 0.05) is 13.7 Å². The van der Waals surface area contributed by atoms with Crippen LogP contribution in [0.4, 0.5) is 0 Å². The zero-order chi connectivity index (χ0) is 7.98. The van der Waals surface area contributed by atoms with Crippen LogP contribution in [-0.2, 0) is 9.47 Å². The number of nitrogens with two attached hydrogens (primary N) is 1. The Kier molecular flexibility index (Phi) is 5.58. The van der Waals surface area contributed by atoms with E-state index < -0.39 is 0 Å². The number of rotatable bonds is 5. The summed E-state index contributed by atoms with van der Waals surface area (Å²) >= 11 is 0. The Labute approximate surface area is 62.5 Å². The Hall–Kier alpha value is -0.120. The van der Waals surface area contributed by atoms with E-state index in [1.54, 1.807) is 7.11 Å². The van der Waals surface area contributed by atoms with E-state index in [1.165, 1.54) is 0 Å². The summed E-state index contributed by atoms with van der Waals surface area (Å²) in [6, 6.07) is -0.00931. The molecule has 0 aromatic rings. The summed E-state index contributed by atoms with van der Waals surface area (Å²) in [4.78, 5) is 0. The molecule has 2 N–H and O–H groups in total. The Morgan fingerprint density at radius 1 is 1.50 bits per heavy atom. The van der Waals surface area contributed by atoms with Gasteiger partial charge in [-0.25, -0.2) is 0 Å². The monoisotopic (exact) mass is 147 g/mol. The van der Waals surface area contributed by atoms with Crippen molar-refractivity contribution in [2.24, 2.45) is 5.73 Å². The van der Waals surface area contributed by atoms with Crippen LogP contribution in [0.15, 0.2) is 0 Å². The summed E-state index contributed by atoms with van der Waals surface area (Å²) in [5.74, 6) is 0. The van der Waals surface area contributed by atoms with Gasteiger partial charge in [-0.3, -0.25) is 0 Å². The van der Waals surface area contributed by atoms with Crippen molar-refractivity contribution in [3.8, 4) is 0 Å². The van der Waals surface area contributed by atoms with Crippen LogP contribution < -0.4 is 5.73 Å². The lowest BCUT2D eigenvalue weighted by Crippen LogP contribution is -2.38. The quantitative estimate of drug-likeness (QED) is 0.611. The lowest BCUT2D eigenvalue weighted by Gasteiger charge is -2.17. The van der Waals surface area contributed by atoms with Gasteiger partial charge in [-0.1, -0.05) is 0 Å². The van der Waals surface area contributed by atoms with Gasteiger partial charge in [0.2, 0.25) is 0 Å². The van der Waals surface area contributed by atoms with E-state index in [-0.39, 0.29) is 12.1 Å². The molecule has 3 nitrogen and oxygen atoms in total. The van der Waals surface area contributed by atoms with Gasteiger partial charge in [-0.05, 0) is 13.8 Å². The van der Waals surface area contributed by atoms with E-state index in [4.69, 9.17) is 15.2 Å². The Morgan fingerprint density at radius 3 is 2.50 bits per heavy atom. The molecule has 62 valence electrons. The number of ether oxygens (including phenoxy) is 2. The first kappa shape index (κ1) is 9.88. The molecule has 0 heterocycles. The van der Waals surface area contributed by atoms with E-state index in [9.17, 15) is 0 Å². The van der Waals surface area contributed by atoms with Crippen LogP contribution in [0.3, 0.4) is 0 Å². The number of hydrogen-bond acceptors (Lipinski definition) is 3. The molecule has 0 spiro atoms. The van der Waals surface area contributed by atoms with Crippen LogP contribution in [-0.4, -0.2) is 32.5 Å². The van der Waals surface area contributed by atoms with Crippen molar-refractivity contribution in [2.75, 3.05) is 20.3 Å². The van der Waals surface area contributed by atoms with Crippen LogP contribution in [0.2, 0.25) is 0 Å². The Balaban J connectivity index is 3.31. The summed E-state index contributed by atoms with van der Waals surface area (Å²) in [5.41, 5.74) is 5.66. The molecule has 2 atom stereocenters. The zero-order valence-electron chi connectivity index (χ0n) is 6.96. The third-order valence-corrected chi connectivity index (χ3v) is 1.49. The Bertz CT molecular complexity index is 78.0. The summed E-state index contributed by atoms with van der Waals surface area (Å²) in [5, 5.41) is 0. The highest BCUT2D eigenvalue weighted by Gasteiger charge is 2.10. The Morgan fingerprint density at radius 2 is 2.10 bits per heavy atom. The highest BCUT2D eigenvalue weighted by molar-refractivity contribution is 4.67. The van der Waals surface area contributed by atoms with Gasteiger partial charge in [0.05, 0.1) is 18.8 Å². The molecule has 0 aliphatic carbocycles. The van der Waals surface area contributed by atoms with E-state index in [0.717, 1.165) is 0 Å². The fourth-order valence-corrected chi connectivity index (χ4v) is 0.564. The van der Waals surface area contributed by atoms with Gasteiger partial charge in [-0.2, -0.15) is 0 Å². The maximum atomic E-state index is 5.66. The molecular weight excluding hydrogens is 130 g/mol. The predicted molar refractivity (Wildman–Crippen MR) is 40.9 cm³/mol. The lowest BCUT2D eigenvalue weighted by atomic mass is 10.2. The van der Waals surface area contributed by atoms with E-state index in [0.29, 0.717) is 13.2 Å². The first-order chi connectivity index (χ1) is 4.72. The smallest absolute Gasteiger partial charge is 0.0716 e. The van der Waals surface area contributed by atoms with Crippen molar-refractivity contribution >= 4 is 0 Å². The molecule has 2 unspecified atom stereocenters. The molecule has 0 saturated heterocycles. The molecule has 0 saturated carbocycles. The van der Waals surface area contributed by atoms with Crippen molar-refractivity contribution in [1.29, 1.82) is 0 Å². The third-order valence-electron chi connectivity index (χ3n) is 1.49. The second-order valence-corrected chi connectivity index (χ2v) is 2.26. The molecule has 0 aliphatic heterocycles. The van der Waals surface area contributed by atoms with Crippen LogP contribution in [0.5, 0.6) is 0 Å². The van der Waals surface area contributed by atoms with Crippen LogP contribution in [0.1, 0.15) is 13.8 Å². The van der Waals surface area contributed by atoms with Gasteiger partial charge in [0.1, 0.15) is 0 Å². The summed E-state index contributed by atoms with van der Waals surface area (Å²) in [6.07, 6.45) is 0.0755. The fourth-order valence-electron chi connectivity index (χ4n) is 0.564. The van der Waals surface area contributed by atoms with Gasteiger partial charge in [0.25, 0.3) is 0 Å². The average Bonchev–Trinajstić information content (AvgIpc) is 1.98. The minimum absolute atomic E-state index is 0.00931. The maximum Gasteiger partial charge on any atom is 0.0716 e. The highest BCUT2D eigenvalue weighted by atomic mass is 16.5. The average molecular weight is 147 g/mol. The van der Waals surface area contributed by atoms with E-state index in [1.807, 2.05) is 13.8 Å². The summed E-state index contributed by atoms with van der Waals surface area (Å²) < 4.78 is 10.1. The van der Waals surface area contributed by atoms with Gasteiger partial charge in [0.15, 0.2) is 0 Å². The molecule has 0 amide bonds. The summed E-state index contributed by atoms with van der Waals surface area (Å²) in [6.45, 7) is 5.17. The fraction of sp³-hybridized carbons (Fsp3) is 1.00. The summed E-state index contributed by atoms with van der Waals surface area (Å²) in [7, 11) is 1.65. The van der Waals surface area contributed by atoms with Crippen molar-refractivity contribution in [1.82, 2.24) is 0 Å². The van der Waals surface area contributed by atoms with Crippen LogP contribution in [0, 0.1) is 0 Å².